The molecule has 0 spiro atoms. The second-order valence-electron chi connectivity index (χ2n) is 7.63. The zero-order valence-electron chi connectivity index (χ0n) is 15.2. The molecule has 1 aliphatic heterocycles. The molecule has 1 amide bonds. The number of aliphatic imine (C=N–C) groups is 1. The molecule has 1 saturated heterocycles. The first-order chi connectivity index (χ1) is 11.2. The zero-order chi connectivity index (χ0) is 17.9. The Morgan fingerprint density at radius 2 is 1.83 bits per heavy atom. The van der Waals surface area contributed by atoms with Gasteiger partial charge < -0.3 is 10.2 Å². The number of hydrogen-bond acceptors (Lipinski definition) is 3. The molecule has 0 saturated carbocycles. The number of benzene rings is 1. The Kier molecular flexibility index (Phi) is 5.54. The highest BCUT2D eigenvalue weighted by molar-refractivity contribution is 5.99. The van der Waals surface area contributed by atoms with E-state index in [9.17, 15) is 9.59 Å². The van der Waals surface area contributed by atoms with Crippen LogP contribution in [0.2, 0.25) is 0 Å². The fourth-order valence-corrected chi connectivity index (χ4v) is 2.76. The zero-order valence-corrected chi connectivity index (χ0v) is 15.2. The van der Waals surface area contributed by atoms with Crippen LogP contribution in [0.15, 0.2) is 29.3 Å². The Morgan fingerprint density at radius 1 is 1.21 bits per heavy atom. The summed E-state index contributed by atoms with van der Waals surface area (Å²) in [5.74, 6) is -0.300. The van der Waals surface area contributed by atoms with Crippen LogP contribution in [0.5, 0.6) is 0 Å². The molecule has 1 heterocycles. The van der Waals surface area contributed by atoms with Crippen LogP contribution in [-0.2, 0) is 10.2 Å². The fraction of sp³-hybridized carbons (Fsp3) is 0.526. The van der Waals surface area contributed by atoms with Gasteiger partial charge in [-0.25, -0.2) is 4.99 Å². The molecule has 1 N–H and O–H groups in total. The maximum Gasteiger partial charge on any atom is 0.264 e. The van der Waals surface area contributed by atoms with Crippen molar-refractivity contribution in [3.63, 3.8) is 0 Å². The minimum Gasteiger partial charge on any atom is -0.369 e. The normalized spacial score (nSPS) is 21.2. The predicted molar refractivity (Wildman–Crippen MR) is 96.6 cm³/mol. The second-order valence-corrected chi connectivity index (χ2v) is 7.63. The highest BCUT2D eigenvalue weighted by Crippen LogP contribution is 2.24. The van der Waals surface area contributed by atoms with Gasteiger partial charge in [-0.1, -0.05) is 45.0 Å². The van der Waals surface area contributed by atoms with E-state index in [1.165, 1.54) is 11.9 Å². The third-order valence-electron chi connectivity index (χ3n) is 4.25. The Bertz CT molecular complexity index is 627. The molecule has 1 fully saturated rings. The highest BCUT2D eigenvalue weighted by atomic mass is 16.2. The molecule has 1 aromatic rings. The van der Waals surface area contributed by atoms with Crippen molar-refractivity contribution in [1.82, 2.24) is 10.2 Å². The molecule has 2 atom stereocenters. The lowest BCUT2D eigenvalue weighted by Crippen LogP contribution is -2.30. The molecular formula is C19H27N3O2. The van der Waals surface area contributed by atoms with Crippen LogP contribution in [-0.4, -0.2) is 49.6 Å². The SMILES string of the molecule is CN(C)C=NC(=O)C1CC(C(=O)c2ccc(C(C)(C)C)cc2)CN1. The number of nitrogens with one attached hydrogen (secondary N) is 1. The summed E-state index contributed by atoms with van der Waals surface area (Å²) in [5, 5.41) is 3.11. The number of rotatable bonds is 4. The molecule has 0 radical (unpaired) electrons. The molecule has 24 heavy (non-hydrogen) atoms. The number of carbonyl (C=O) groups excluding carboxylic acids is 2. The molecule has 1 aliphatic rings. The molecule has 5 nitrogen and oxygen atoms in total. The van der Waals surface area contributed by atoms with Crippen molar-refractivity contribution in [2.75, 3.05) is 20.6 Å². The summed E-state index contributed by atoms with van der Waals surface area (Å²) in [6.07, 6.45) is 1.99. The van der Waals surface area contributed by atoms with Gasteiger partial charge >= 0.3 is 0 Å². The molecule has 2 rings (SSSR count). The quantitative estimate of drug-likeness (QED) is 0.523. The Balaban J connectivity index is 2.00. The van der Waals surface area contributed by atoms with Crippen LogP contribution >= 0.6 is 0 Å². The number of ketones is 1. The molecule has 5 heteroatoms. The standard InChI is InChI=1S/C19H27N3O2/c1-19(2,3)15-8-6-13(7-9-15)17(23)14-10-16(20-11-14)18(24)21-12-22(4)5/h6-9,12,14,16,20H,10-11H2,1-5H3. The number of Topliss-reactive ketones (excluding diaryl/α,β-unsaturated/α-hetero) is 1. The Morgan fingerprint density at radius 3 is 2.38 bits per heavy atom. The summed E-state index contributed by atoms with van der Waals surface area (Å²) >= 11 is 0. The van der Waals surface area contributed by atoms with E-state index in [0.29, 0.717) is 18.5 Å². The lowest BCUT2D eigenvalue weighted by atomic mass is 9.85. The number of nitrogens with zero attached hydrogens (tertiary/aromatic N) is 2. The van der Waals surface area contributed by atoms with Gasteiger partial charge in [-0.15, -0.1) is 0 Å². The predicted octanol–water partition coefficient (Wildman–Crippen LogP) is 2.26. The number of amides is 1. The maximum absolute atomic E-state index is 12.6. The first-order valence-electron chi connectivity index (χ1n) is 8.31. The molecule has 1 aromatic carbocycles. The molecule has 2 unspecified atom stereocenters. The minimum atomic E-state index is -0.371. The van der Waals surface area contributed by atoms with Crippen LogP contribution in [0.25, 0.3) is 0 Å². The second kappa shape index (κ2) is 7.26. The van der Waals surface area contributed by atoms with Crippen LogP contribution in [0, 0.1) is 5.92 Å². The van der Waals surface area contributed by atoms with Crippen molar-refractivity contribution >= 4 is 18.0 Å². The van der Waals surface area contributed by atoms with E-state index in [4.69, 9.17) is 0 Å². The van der Waals surface area contributed by atoms with Gasteiger partial charge in [-0.3, -0.25) is 9.59 Å². The van der Waals surface area contributed by atoms with Crippen LogP contribution in [0.4, 0.5) is 0 Å². The molecule has 0 aromatic heterocycles. The summed E-state index contributed by atoms with van der Waals surface area (Å²) < 4.78 is 0. The summed E-state index contributed by atoms with van der Waals surface area (Å²) in [4.78, 5) is 30.3. The third kappa shape index (κ3) is 4.51. The van der Waals surface area contributed by atoms with Crippen LogP contribution in [0.3, 0.4) is 0 Å². The number of carbonyl (C=O) groups is 2. The van der Waals surface area contributed by atoms with Gasteiger partial charge in [0.15, 0.2) is 5.78 Å². The monoisotopic (exact) mass is 329 g/mol. The Labute approximate surface area is 144 Å². The van der Waals surface area contributed by atoms with E-state index < -0.39 is 0 Å². The summed E-state index contributed by atoms with van der Waals surface area (Å²) in [6.45, 7) is 6.97. The average molecular weight is 329 g/mol. The van der Waals surface area contributed by atoms with E-state index >= 15 is 0 Å². The average Bonchev–Trinajstić information content (AvgIpc) is 3.01. The van der Waals surface area contributed by atoms with Crippen molar-refractivity contribution in [2.24, 2.45) is 10.9 Å². The molecule has 0 aliphatic carbocycles. The van der Waals surface area contributed by atoms with Crippen LogP contribution < -0.4 is 5.32 Å². The van der Waals surface area contributed by atoms with Gasteiger partial charge in [-0.2, -0.15) is 0 Å². The summed E-state index contributed by atoms with van der Waals surface area (Å²) in [7, 11) is 3.62. The highest BCUT2D eigenvalue weighted by Gasteiger charge is 2.33. The lowest BCUT2D eigenvalue weighted by molar-refractivity contribution is -0.119. The third-order valence-corrected chi connectivity index (χ3v) is 4.25. The van der Waals surface area contributed by atoms with E-state index in [0.717, 1.165) is 0 Å². The van der Waals surface area contributed by atoms with Crippen molar-refractivity contribution in [3.05, 3.63) is 35.4 Å². The van der Waals surface area contributed by atoms with Gasteiger partial charge in [0, 0.05) is 32.1 Å². The number of hydrogen-bond donors (Lipinski definition) is 1. The topological polar surface area (TPSA) is 61.8 Å². The van der Waals surface area contributed by atoms with Gasteiger partial charge in [0.25, 0.3) is 5.91 Å². The lowest BCUT2D eigenvalue weighted by Gasteiger charge is -2.19. The van der Waals surface area contributed by atoms with Gasteiger partial charge in [0.05, 0.1) is 12.4 Å². The minimum absolute atomic E-state index is 0.0679. The van der Waals surface area contributed by atoms with E-state index in [-0.39, 0.29) is 29.1 Å². The first kappa shape index (κ1) is 18.3. The van der Waals surface area contributed by atoms with Gasteiger partial charge in [-0.05, 0) is 17.4 Å². The van der Waals surface area contributed by atoms with Gasteiger partial charge in [0.1, 0.15) is 0 Å². The van der Waals surface area contributed by atoms with E-state index in [1.54, 1.807) is 4.90 Å². The van der Waals surface area contributed by atoms with Crippen molar-refractivity contribution in [1.29, 1.82) is 0 Å². The Hall–Kier alpha value is -2.01. The van der Waals surface area contributed by atoms with Crippen molar-refractivity contribution in [2.45, 2.75) is 38.6 Å². The van der Waals surface area contributed by atoms with Crippen LogP contribution in [0.1, 0.15) is 43.1 Å². The molecule has 0 bridgehead atoms. The molecule has 130 valence electrons. The maximum atomic E-state index is 12.6. The smallest absolute Gasteiger partial charge is 0.264 e. The first-order valence-corrected chi connectivity index (χ1v) is 8.31. The molecular weight excluding hydrogens is 302 g/mol. The van der Waals surface area contributed by atoms with Crippen molar-refractivity contribution < 1.29 is 9.59 Å². The van der Waals surface area contributed by atoms with Crippen molar-refractivity contribution in [3.8, 4) is 0 Å². The van der Waals surface area contributed by atoms with E-state index in [2.05, 4.69) is 31.1 Å². The largest absolute Gasteiger partial charge is 0.369 e. The fourth-order valence-electron chi connectivity index (χ4n) is 2.76. The summed E-state index contributed by atoms with van der Waals surface area (Å²) in [5.41, 5.74) is 1.98. The van der Waals surface area contributed by atoms with Gasteiger partial charge in [0.2, 0.25) is 0 Å². The summed E-state index contributed by atoms with van der Waals surface area (Å²) in [6, 6.07) is 7.44. The van der Waals surface area contributed by atoms with E-state index in [1.807, 2.05) is 38.4 Å².